The van der Waals surface area contributed by atoms with Gasteiger partial charge in [0.15, 0.2) is 0 Å². The highest BCUT2D eigenvalue weighted by atomic mass is 16.5. The molecule has 0 aliphatic rings. The Balaban J connectivity index is 2.69. The Bertz CT molecular complexity index is 346. The first-order chi connectivity index (χ1) is 6.63. The first-order valence-corrected chi connectivity index (χ1v) is 3.89. The maximum Gasteiger partial charge on any atom is 0.331 e. The lowest BCUT2D eigenvalue weighted by atomic mass is 10.1. The zero-order valence-corrected chi connectivity index (χ0v) is 7.73. The van der Waals surface area contributed by atoms with E-state index in [2.05, 4.69) is 16.5 Å². The van der Waals surface area contributed by atoms with Crippen LogP contribution in [0.15, 0.2) is 24.5 Å². The zero-order chi connectivity index (χ0) is 10.6. The topological polar surface area (TPSA) is 72.3 Å². The van der Waals surface area contributed by atoms with E-state index in [1.165, 1.54) is 19.5 Å². The van der Waals surface area contributed by atoms with Crippen molar-refractivity contribution in [1.29, 1.82) is 0 Å². The van der Waals surface area contributed by atoms with Gasteiger partial charge in [0.1, 0.15) is 0 Å². The van der Waals surface area contributed by atoms with Crippen LogP contribution < -0.4 is 4.74 Å². The normalized spacial score (nSPS) is 9.50. The minimum absolute atomic E-state index is 0.110. The van der Waals surface area contributed by atoms with Crippen LogP contribution in [-0.2, 0) is 11.2 Å². The van der Waals surface area contributed by atoms with Gasteiger partial charge < -0.3 is 9.84 Å². The molecule has 0 aliphatic carbocycles. The number of carbonyl (C=O) groups is 1. The molecule has 1 aromatic heterocycles. The number of aromatic nitrogens is 2. The van der Waals surface area contributed by atoms with Gasteiger partial charge in [-0.05, 0) is 5.56 Å². The first-order valence-electron chi connectivity index (χ1n) is 3.89. The Kier molecular flexibility index (Phi) is 3.17. The quantitative estimate of drug-likeness (QED) is 0.713. The molecule has 0 radical (unpaired) electrons. The van der Waals surface area contributed by atoms with E-state index in [9.17, 15) is 4.79 Å². The van der Waals surface area contributed by atoms with Crippen molar-refractivity contribution < 1.29 is 14.6 Å². The van der Waals surface area contributed by atoms with E-state index < -0.39 is 5.97 Å². The van der Waals surface area contributed by atoms with Gasteiger partial charge in [0.25, 0.3) is 0 Å². The zero-order valence-electron chi connectivity index (χ0n) is 7.73. The summed E-state index contributed by atoms with van der Waals surface area (Å²) in [6.07, 6.45) is 3.26. The molecule has 0 saturated heterocycles. The summed E-state index contributed by atoms with van der Waals surface area (Å²) in [7, 11) is 1.46. The molecule has 0 fully saturated rings. The van der Waals surface area contributed by atoms with Gasteiger partial charge >= 0.3 is 12.0 Å². The SMILES string of the molecule is C=C(Cc1cnc(OC)nc1)C(=O)O. The average Bonchev–Trinajstić information content (AvgIpc) is 2.19. The first kappa shape index (κ1) is 10.2. The smallest absolute Gasteiger partial charge is 0.331 e. The fourth-order valence-electron chi connectivity index (χ4n) is 0.862. The Morgan fingerprint density at radius 2 is 2.14 bits per heavy atom. The number of carboxylic acids is 1. The van der Waals surface area contributed by atoms with Crippen LogP contribution in [0.5, 0.6) is 6.01 Å². The van der Waals surface area contributed by atoms with Gasteiger partial charge in [-0.1, -0.05) is 6.58 Å². The van der Waals surface area contributed by atoms with Gasteiger partial charge in [-0.25, -0.2) is 14.8 Å². The third-order valence-electron chi connectivity index (χ3n) is 1.58. The summed E-state index contributed by atoms with van der Waals surface area (Å²) in [6.45, 7) is 3.41. The van der Waals surface area contributed by atoms with E-state index in [1.54, 1.807) is 0 Å². The molecule has 14 heavy (non-hydrogen) atoms. The Hall–Kier alpha value is -1.91. The molecule has 0 aliphatic heterocycles. The van der Waals surface area contributed by atoms with Crippen molar-refractivity contribution in [2.75, 3.05) is 7.11 Å². The molecule has 1 heterocycles. The molecule has 1 rings (SSSR count). The Morgan fingerprint density at radius 3 is 2.57 bits per heavy atom. The lowest BCUT2D eigenvalue weighted by Crippen LogP contribution is -2.03. The third-order valence-corrected chi connectivity index (χ3v) is 1.58. The summed E-state index contributed by atoms with van der Waals surface area (Å²) in [4.78, 5) is 18.1. The second kappa shape index (κ2) is 4.36. The average molecular weight is 194 g/mol. The van der Waals surface area contributed by atoms with Crippen molar-refractivity contribution in [2.45, 2.75) is 6.42 Å². The number of nitrogens with zero attached hydrogens (tertiary/aromatic N) is 2. The molecule has 1 N–H and O–H groups in total. The molecule has 5 heteroatoms. The monoisotopic (exact) mass is 194 g/mol. The maximum atomic E-state index is 10.5. The van der Waals surface area contributed by atoms with Crippen molar-refractivity contribution in [3.63, 3.8) is 0 Å². The van der Waals surface area contributed by atoms with Crippen LogP contribution in [0.2, 0.25) is 0 Å². The van der Waals surface area contributed by atoms with Crippen LogP contribution in [0.1, 0.15) is 5.56 Å². The van der Waals surface area contributed by atoms with E-state index in [1.807, 2.05) is 0 Å². The largest absolute Gasteiger partial charge is 0.478 e. The minimum atomic E-state index is -1.01. The number of aliphatic carboxylic acids is 1. The molecular formula is C9H10N2O3. The second-order valence-electron chi connectivity index (χ2n) is 2.66. The number of carboxylic acid groups (broad SMARTS) is 1. The molecule has 0 aromatic carbocycles. The standard InChI is InChI=1S/C9H10N2O3/c1-6(8(12)13)3-7-4-10-9(14-2)11-5-7/h4-5H,1,3H2,2H3,(H,12,13). The van der Waals surface area contributed by atoms with Crippen LogP contribution in [0, 0.1) is 0 Å². The molecular weight excluding hydrogens is 184 g/mol. The highest BCUT2D eigenvalue weighted by Gasteiger charge is 2.05. The molecule has 0 saturated carbocycles. The van der Waals surface area contributed by atoms with Gasteiger partial charge in [0.2, 0.25) is 0 Å². The number of ether oxygens (including phenoxy) is 1. The van der Waals surface area contributed by atoms with E-state index in [4.69, 9.17) is 9.84 Å². The lowest BCUT2D eigenvalue weighted by Gasteiger charge is -2.01. The van der Waals surface area contributed by atoms with E-state index in [-0.39, 0.29) is 18.0 Å². The van der Waals surface area contributed by atoms with Crippen molar-refractivity contribution in [3.8, 4) is 6.01 Å². The summed E-state index contributed by atoms with van der Waals surface area (Å²) in [5.74, 6) is -1.01. The van der Waals surface area contributed by atoms with E-state index >= 15 is 0 Å². The number of rotatable bonds is 4. The van der Waals surface area contributed by atoms with Gasteiger partial charge in [-0.3, -0.25) is 0 Å². The summed E-state index contributed by atoms with van der Waals surface area (Å²) in [5.41, 5.74) is 0.803. The Morgan fingerprint density at radius 1 is 1.57 bits per heavy atom. The maximum absolute atomic E-state index is 10.5. The molecule has 0 atom stereocenters. The third kappa shape index (κ3) is 2.55. The van der Waals surface area contributed by atoms with Crippen molar-refractivity contribution in [1.82, 2.24) is 9.97 Å². The summed E-state index contributed by atoms with van der Waals surface area (Å²) in [6, 6.07) is 0.259. The molecule has 1 aromatic rings. The van der Waals surface area contributed by atoms with Crippen molar-refractivity contribution in [3.05, 3.63) is 30.1 Å². The summed E-state index contributed by atoms with van der Waals surface area (Å²) >= 11 is 0. The minimum Gasteiger partial charge on any atom is -0.478 e. The Labute approximate surface area is 81.1 Å². The number of hydrogen-bond acceptors (Lipinski definition) is 4. The fourth-order valence-corrected chi connectivity index (χ4v) is 0.862. The van der Waals surface area contributed by atoms with Gasteiger partial charge in [-0.2, -0.15) is 0 Å². The number of hydrogen-bond donors (Lipinski definition) is 1. The molecule has 74 valence electrons. The van der Waals surface area contributed by atoms with Gasteiger partial charge in [0, 0.05) is 24.4 Å². The fraction of sp³-hybridized carbons (Fsp3) is 0.222. The predicted molar refractivity (Wildman–Crippen MR) is 49.1 cm³/mol. The van der Waals surface area contributed by atoms with Crippen LogP contribution in [-0.4, -0.2) is 28.2 Å². The van der Waals surface area contributed by atoms with Crippen LogP contribution in [0.4, 0.5) is 0 Å². The second-order valence-corrected chi connectivity index (χ2v) is 2.66. The van der Waals surface area contributed by atoms with Crippen molar-refractivity contribution in [2.24, 2.45) is 0 Å². The van der Waals surface area contributed by atoms with Crippen molar-refractivity contribution >= 4 is 5.97 Å². The van der Waals surface area contributed by atoms with E-state index in [0.717, 1.165) is 0 Å². The molecule has 0 unspecified atom stereocenters. The summed E-state index contributed by atoms with van der Waals surface area (Å²) < 4.78 is 4.76. The van der Waals surface area contributed by atoms with Crippen LogP contribution in [0.25, 0.3) is 0 Å². The molecule has 0 spiro atoms. The molecule has 0 amide bonds. The van der Waals surface area contributed by atoms with Gasteiger partial charge in [0.05, 0.1) is 7.11 Å². The van der Waals surface area contributed by atoms with Crippen LogP contribution >= 0.6 is 0 Å². The summed E-state index contributed by atoms with van der Waals surface area (Å²) in [5, 5.41) is 8.58. The predicted octanol–water partition coefficient (Wildman–Crippen LogP) is 0.668. The van der Waals surface area contributed by atoms with E-state index in [0.29, 0.717) is 5.56 Å². The number of methoxy groups -OCH3 is 1. The lowest BCUT2D eigenvalue weighted by molar-refractivity contribution is -0.132. The van der Waals surface area contributed by atoms with Crippen LogP contribution in [0.3, 0.4) is 0 Å². The highest BCUT2D eigenvalue weighted by Crippen LogP contribution is 2.06. The highest BCUT2D eigenvalue weighted by molar-refractivity contribution is 5.86. The van der Waals surface area contributed by atoms with Gasteiger partial charge in [-0.15, -0.1) is 0 Å². The molecule has 5 nitrogen and oxygen atoms in total. The molecule has 0 bridgehead atoms.